The first kappa shape index (κ1) is 21.4. The minimum Gasteiger partial charge on any atom is -0.378 e. The van der Waals surface area contributed by atoms with E-state index in [1.54, 1.807) is 6.20 Å². The van der Waals surface area contributed by atoms with Crippen molar-refractivity contribution in [3.63, 3.8) is 0 Å². The van der Waals surface area contributed by atoms with Gasteiger partial charge in [0.25, 0.3) is 5.91 Å². The highest BCUT2D eigenvalue weighted by atomic mass is 16.5. The molecule has 1 atom stereocenters. The van der Waals surface area contributed by atoms with Gasteiger partial charge in [-0.2, -0.15) is 0 Å². The second-order valence-electron chi connectivity index (χ2n) is 9.12. The first-order valence-corrected chi connectivity index (χ1v) is 11.8. The molecule has 1 aromatic heterocycles. The highest BCUT2D eigenvalue weighted by Gasteiger charge is 2.28. The molecule has 1 amide bonds. The number of aryl methyl sites for hydroxylation is 1. The average molecular weight is 436 g/mol. The zero-order valence-electron chi connectivity index (χ0n) is 18.9. The molecule has 32 heavy (non-hydrogen) atoms. The number of carbonyl (C=O) groups excluding carboxylic acids is 1. The van der Waals surface area contributed by atoms with Gasteiger partial charge in [-0.3, -0.25) is 9.69 Å². The van der Waals surface area contributed by atoms with Crippen molar-refractivity contribution in [3.8, 4) is 0 Å². The lowest BCUT2D eigenvalue weighted by atomic mass is 9.86. The van der Waals surface area contributed by atoms with Gasteiger partial charge in [0.1, 0.15) is 5.82 Å². The molecule has 3 heterocycles. The van der Waals surface area contributed by atoms with Crippen LogP contribution >= 0.6 is 0 Å². The predicted molar refractivity (Wildman–Crippen MR) is 126 cm³/mol. The summed E-state index contributed by atoms with van der Waals surface area (Å²) in [6, 6.07) is 10.7. The molecular weight excluding hydrogens is 402 g/mol. The van der Waals surface area contributed by atoms with Gasteiger partial charge in [-0.15, -0.1) is 0 Å². The Kier molecular flexibility index (Phi) is 6.39. The molecule has 5 rings (SSSR count). The molecule has 1 unspecified atom stereocenters. The monoisotopic (exact) mass is 435 g/mol. The molecule has 0 radical (unpaired) electrons. The van der Waals surface area contributed by atoms with Gasteiger partial charge in [0.05, 0.1) is 18.8 Å². The fraction of sp³-hybridized carbons (Fsp3) is 0.520. The Bertz CT molecular complexity index is 934. The molecule has 7 nitrogen and oxygen atoms in total. The van der Waals surface area contributed by atoms with E-state index in [0.29, 0.717) is 11.6 Å². The number of benzene rings is 1. The van der Waals surface area contributed by atoms with Gasteiger partial charge < -0.3 is 19.9 Å². The minimum atomic E-state index is -0.113. The van der Waals surface area contributed by atoms with Crippen LogP contribution in [0, 0.1) is 0 Å². The Morgan fingerprint density at radius 1 is 1.06 bits per heavy atom. The number of likely N-dealkylation sites (N-methyl/N-ethyl adjacent to an activating group) is 1. The number of aromatic nitrogens is 1. The topological polar surface area (TPSA) is 60.9 Å². The lowest BCUT2D eigenvalue weighted by Crippen LogP contribution is -2.46. The van der Waals surface area contributed by atoms with Gasteiger partial charge >= 0.3 is 0 Å². The number of rotatable bonds is 4. The zero-order chi connectivity index (χ0) is 21.9. The summed E-state index contributed by atoms with van der Waals surface area (Å²) in [6.45, 7) is 7.57. The van der Waals surface area contributed by atoms with Crippen LogP contribution in [0.25, 0.3) is 0 Å². The number of fused-ring (bicyclic) bond motifs is 1. The number of hydrogen-bond acceptors (Lipinski definition) is 6. The lowest BCUT2D eigenvalue weighted by Gasteiger charge is -2.40. The van der Waals surface area contributed by atoms with E-state index in [1.807, 2.05) is 18.2 Å². The van der Waals surface area contributed by atoms with Gasteiger partial charge in [0, 0.05) is 57.2 Å². The molecule has 170 valence electrons. The molecule has 2 fully saturated rings. The van der Waals surface area contributed by atoms with Crippen molar-refractivity contribution in [1.82, 2.24) is 14.8 Å². The van der Waals surface area contributed by atoms with Crippen LogP contribution in [0.4, 0.5) is 11.5 Å². The SMILES string of the molecule is CN1CCN(C2CCCc3ccc(NC(=O)c4ccc(N5CCOCC5)nc4)cc32)CC1. The molecule has 7 heteroatoms. The Morgan fingerprint density at radius 3 is 2.62 bits per heavy atom. The Labute approximate surface area is 190 Å². The van der Waals surface area contributed by atoms with Crippen molar-refractivity contribution in [1.29, 1.82) is 0 Å². The molecule has 2 aromatic rings. The summed E-state index contributed by atoms with van der Waals surface area (Å²) in [5, 5.41) is 3.10. The van der Waals surface area contributed by atoms with Crippen molar-refractivity contribution >= 4 is 17.4 Å². The average Bonchev–Trinajstić information content (AvgIpc) is 2.85. The number of nitrogens with one attached hydrogen (secondary N) is 1. The van der Waals surface area contributed by atoms with Gasteiger partial charge in [-0.05, 0) is 61.7 Å². The number of anilines is 2. The van der Waals surface area contributed by atoms with Crippen LogP contribution in [0.15, 0.2) is 36.5 Å². The molecule has 0 bridgehead atoms. The fourth-order valence-corrected chi connectivity index (χ4v) is 5.07. The third-order valence-corrected chi connectivity index (χ3v) is 7.01. The summed E-state index contributed by atoms with van der Waals surface area (Å²) in [4.78, 5) is 24.6. The molecule has 1 N–H and O–H groups in total. The molecule has 2 saturated heterocycles. The number of ether oxygens (including phenoxy) is 1. The first-order valence-electron chi connectivity index (χ1n) is 11.8. The van der Waals surface area contributed by atoms with E-state index in [4.69, 9.17) is 4.74 Å². The third kappa shape index (κ3) is 4.65. The molecule has 0 spiro atoms. The maximum absolute atomic E-state index is 12.9. The summed E-state index contributed by atoms with van der Waals surface area (Å²) in [7, 11) is 2.20. The molecule has 0 saturated carbocycles. The van der Waals surface area contributed by atoms with E-state index >= 15 is 0 Å². The van der Waals surface area contributed by atoms with Gasteiger partial charge in [0.15, 0.2) is 0 Å². The Hall–Kier alpha value is -2.48. The summed E-state index contributed by atoms with van der Waals surface area (Å²) in [5.74, 6) is 0.784. The number of amides is 1. The van der Waals surface area contributed by atoms with Crippen molar-refractivity contribution in [2.24, 2.45) is 0 Å². The van der Waals surface area contributed by atoms with Crippen LogP contribution in [0.1, 0.15) is 40.4 Å². The second kappa shape index (κ2) is 9.57. The standard InChI is InChI=1S/C25H33N5O2/c1-28-9-11-29(12-10-28)23-4-2-3-19-5-7-21(17-22(19)23)27-25(31)20-6-8-24(26-18-20)30-13-15-32-16-14-30/h5-8,17-18,23H,2-4,9-16H2,1H3,(H,27,31). The third-order valence-electron chi connectivity index (χ3n) is 7.01. The van der Waals surface area contributed by atoms with Gasteiger partial charge in [-0.25, -0.2) is 4.98 Å². The van der Waals surface area contributed by atoms with E-state index in [0.717, 1.165) is 70.4 Å². The number of nitrogens with zero attached hydrogens (tertiary/aromatic N) is 4. The highest BCUT2D eigenvalue weighted by Crippen LogP contribution is 2.36. The predicted octanol–water partition coefficient (Wildman–Crippen LogP) is 2.80. The molecule has 3 aliphatic rings. The Morgan fingerprint density at radius 2 is 1.88 bits per heavy atom. The lowest BCUT2D eigenvalue weighted by molar-refractivity contribution is 0.102. The van der Waals surface area contributed by atoms with E-state index < -0.39 is 0 Å². The van der Waals surface area contributed by atoms with Crippen molar-refractivity contribution < 1.29 is 9.53 Å². The van der Waals surface area contributed by atoms with Crippen LogP contribution in [0.2, 0.25) is 0 Å². The summed E-state index contributed by atoms with van der Waals surface area (Å²) in [5.41, 5.74) is 4.26. The van der Waals surface area contributed by atoms with E-state index in [2.05, 4.69) is 44.2 Å². The minimum absolute atomic E-state index is 0.113. The number of pyridine rings is 1. The quantitative estimate of drug-likeness (QED) is 0.797. The number of hydrogen-bond donors (Lipinski definition) is 1. The van der Waals surface area contributed by atoms with Crippen molar-refractivity contribution in [2.45, 2.75) is 25.3 Å². The Balaban J connectivity index is 1.28. The molecule has 2 aliphatic heterocycles. The van der Waals surface area contributed by atoms with E-state index in [1.165, 1.54) is 24.0 Å². The second-order valence-corrected chi connectivity index (χ2v) is 9.12. The zero-order valence-corrected chi connectivity index (χ0v) is 18.9. The summed E-state index contributed by atoms with van der Waals surface area (Å²) in [6.07, 6.45) is 5.23. The van der Waals surface area contributed by atoms with Gasteiger partial charge in [0.2, 0.25) is 0 Å². The fourth-order valence-electron chi connectivity index (χ4n) is 5.07. The maximum atomic E-state index is 12.9. The number of carbonyl (C=O) groups is 1. The van der Waals surface area contributed by atoms with Crippen molar-refractivity contribution in [3.05, 3.63) is 53.2 Å². The molecule has 1 aliphatic carbocycles. The van der Waals surface area contributed by atoms with Crippen LogP contribution in [-0.4, -0.2) is 80.2 Å². The molecular formula is C25H33N5O2. The van der Waals surface area contributed by atoms with Crippen LogP contribution in [0.3, 0.4) is 0 Å². The summed E-state index contributed by atoms with van der Waals surface area (Å²) < 4.78 is 5.40. The highest BCUT2D eigenvalue weighted by molar-refractivity contribution is 6.04. The molecule has 1 aromatic carbocycles. The van der Waals surface area contributed by atoms with Crippen molar-refractivity contribution in [2.75, 3.05) is 69.7 Å². The van der Waals surface area contributed by atoms with E-state index in [-0.39, 0.29) is 5.91 Å². The van der Waals surface area contributed by atoms with Crippen LogP contribution in [0.5, 0.6) is 0 Å². The first-order chi connectivity index (χ1) is 15.7. The van der Waals surface area contributed by atoms with Crippen LogP contribution in [-0.2, 0) is 11.2 Å². The number of piperazine rings is 1. The van der Waals surface area contributed by atoms with Gasteiger partial charge in [-0.1, -0.05) is 6.07 Å². The normalized spacial score (nSPS) is 22.4. The summed E-state index contributed by atoms with van der Waals surface area (Å²) >= 11 is 0. The largest absolute Gasteiger partial charge is 0.378 e. The van der Waals surface area contributed by atoms with E-state index in [9.17, 15) is 4.79 Å². The maximum Gasteiger partial charge on any atom is 0.257 e. The van der Waals surface area contributed by atoms with Crippen LogP contribution < -0.4 is 10.2 Å². The number of morpholine rings is 1. The smallest absolute Gasteiger partial charge is 0.257 e.